The summed E-state index contributed by atoms with van der Waals surface area (Å²) < 4.78 is 39.0. The summed E-state index contributed by atoms with van der Waals surface area (Å²) in [6, 6.07) is 3.57. The molecule has 0 bridgehead atoms. The molecular formula is C14H13F3N4O3. The number of carboxylic acid groups (broad SMARTS) is 1. The molecular weight excluding hydrogens is 329 g/mol. The maximum absolute atomic E-state index is 12.6. The molecule has 0 aliphatic carbocycles. The normalized spacial score (nSPS) is 14.0. The van der Waals surface area contributed by atoms with Gasteiger partial charge in [-0.25, -0.2) is 14.5 Å². The van der Waals surface area contributed by atoms with Gasteiger partial charge in [0.15, 0.2) is 5.54 Å². The van der Waals surface area contributed by atoms with E-state index in [2.05, 4.69) is 15.4 Å². The van der Waals surface area contributed by atoms with Crippen LogP contribution in [-0.4, -0.2) is 31.7 Å². The molecule has 0 aliphatic heterocycles. The number of aromatic nitrogens is 3. The first-order chi connectivity index (χ1) is 11.1. The zero-order valence-electron chi connectivity index (χ0n) is 12.4. The van der Waals surface area contributed by atoms with Crippen LogP contribution in [0.15, 0.2) is 36.9 Å². The van der Waals surface area contributed by atoms with E-state index in [4.69, 9.17) is 0 Å². The van der Waals surface area contributed by atoms with Crippen LogP contribution in [0.4, 0.5) is 13.2 Å². The number of hydrogen-bond donors (Lipinski definition) is 2. The maximum atomic E-state index is 12.6. The molecule has 0 saturated carbocycles. The SMILES string of the molecule is CC(NC(=O)Cn1cncn1)(C(=O)O)c1ccc(C(F)(F)F)cc1. The number of halogens is 3. The van der Waals surface area contributed by atoms with E-state index in [0.717, 1.165) is 24.3 Å². The second-order valence-electron chi connectivity index (χ2n) is 5.15. The Morgan fingerprint density at radius 1 is 1.21 bits per heavy atom. The summed E-state index contributed by atoms with van der Waals surface area (Å²) in [5.74, 6) is -2.08. The second-order valence-corrected chi connectivity index (χ2v) is 5.15. The molecule has 1 aromatic carbocycles. The molecule has 1 amide bonds. The number of carbonyl (C=O) groups excluding carboxylic acids is 1. The molecule has 1 unspecified atom stereocenters. The number of amides is 1. The van der Waals surface area contributed by atoms with Crippen molar-refractivity contribution in [3.05, 3.63) is 48.0 Å². The van der Waals surface area contributed by atoms with Crippen molar-refractivity contribution in [1.82, 2.24) is 20.1 Å². The van der Waals surface area contributed by atoms with Gasteiger partial charge in [-0.2, -0.15) is 18.3 Å². The number of aliphatic carboxylic acids is 1. The van der Waals surface area contributed by atoms with Gasteiger partial charge >= 0.3 is 12.1 Å². The first-order valence-electron chi connectivity index (χ1n) is 6.67. The van der Waals surface area contributed by atoms with Crippen LogP contribution < -0.4 is 5.32 Å². The molecule has 0 fully saturated rings. The fourth-order valence-corrected chi connectivity index (χ4v) is 2.02. The van der Waals surface area contributed by atoms with Gasteiger partial charge < -0.3 is 10.4 Å². The van der Waals surface area contributed by atoms with E-state index in [0.29, 0.717) is 0 Å². The number of nitrogens with one attached hydrogen (secondary N) is 1. The van der Waals surface area contributed by atoms with Gasteiger partial charge in [-0.1, -0.05) is 12.1 Å². The van der Waals surface area contributed by atoms with E-state index in [1.807, 2.05) is 0 Å². The Labute approximate surface area is 134 Å². The lowest BCUT2D eigenvalue weighted by Gasteiger charge is -2.27. The van der Waals surface area contributed by atoms with E-state index in [1.165, 1.54) is 24.3 Å². The lowest BCUT2D eigenvalue weighted by molar-refractivity contribution is -0.147. The standard InChI is InChI=1S/C14H13F3N4O3/c1-13(12(23)24,20-11(22)6-21-8-18-7-19-21)9-2-4-10(5-3-9)14(15,16)17/h2-5,7-8H,6H2,1H3,(H,20,22)(H,23,24). The number of hydrogen-bond acceptors (Lipinski definition) is 4. The Kier molecular flexibility index (Phi) is 4.58. The highest BCUT2D eigenvalue weighted by Crippen LogP contribution is 2.31. The second kappa shape index (κ2) is 6.30. The molecule has 128 valence electrons. The average Bonchev–Trinajstić information content (AvgIpc) is 2.98. The highest BCUT2D eigenvalue weighted by Gasteiger charge is 2.38. The number of rotatable bonds is 5. The van der Waals surface area contributed by atoms with Crippen LogP contribution >= 0.6 is 0 Å². The van der Waals surface area contributed by atoms with Crippen molar-refractivity contribution in [3.8, 4) is 0 Å². The summed E-state index contributed by atoms with van der Waals surface area (Å²) in [6.07, 6.45) is -2.05. The Morgan fingerprint density at radius 2 is 1.79 bits per heavy atom. The summed E-state index contributed by atoms with van der Waals surface area (Å²) in [4.78, 5) is 27.2. The predicted molar refractivity (Wildman–Crippen MR) is 74.6 cm³/mol. The minimum atomic E-state index is -4.53. The minimum absolute atomic E-state index is 0.00920. The number of nitrogens with zero attached hydrogens (tertiary/aromatic N) is 3. The molecule has 0 aliphatic rings. The van der Waals surface area contributed by atoms with Crippen LogP contribution in [0, 0.1) is 0 Å². The fourth-order valence-electron chi connectivity index (χ4n) is 2.02. The largest absolute Gasteiger partial charge is 0.479 e. The van der Waals surface area contributed by atoms with Crippen molar-refractivity contribution in [2.45, 2.75) is 25.2 Å². The molecule has 2 aromatic rings. The molecule has 1 heterocycles. The lowest BCUT2D eigenvalue weighted by Crippen LogP contribution is -2.50. The van der Waals surface area contributed by atoms with Crippen molar-refractivity contribution in [2.24, 2.45) is 0 Å². The monoisotopic (exact) mass is 342 g/mol. The van der Waals surface area contributed by atoms with Gasteiger partial charge in [0.05, 0.1) is 5.56 Å². The predicted octanol–water partition coefficient (Wildman–Crippen LogP) is 1.41. The minimum Gasteiger partial charge on any atom is -0.479 e. The molecule has 2 N–H and O–H groups in total. The van der Waals surface area contributed by atoms with Crippen LogP contribution in [0.2, 0.25) is 0 Å². The Bertz CT molecular complexity index is 729. The van der Waals surface area contributed by atoms with E-state index >= 15 is 0 Å². The Hall–Kier alpha value is -2.91. The number of carbonyl (C=O) groups is 2. The molecule has 2 rings (SSSR count). The van der Waals surface area contributed by atoms with Gasteiger partial charge in [-0.15, -0.1) is 0 Å². The highest BCUT2D eigenvalue weighted by atomic mass is 19.4. The Morgan fingerprint density at radius 3 is 2.25 bits per heavy atom. The fraction of sp³-hybridized carbons (Fsp3) is 0.286. The van der Waals surface area contributed by atoms with Crippen LogP contribution in [0.25, 0.3) is 0 Å². The molecule has 10 heteroatoms. The van der Waals surface area contributed by atoms with E-state index in [9.17, 15) is 27.9 Å². The summed E-state index contributed by atoms with van der Waals surface area (Å²) in [7, 11) is 0. The first kappa shape index (κ1) is 17.4. The topological polar surface area (TPSA) is 97.1 Å². The lowest BCUT2D eigenvalue weighted by atomic mass is 9.91. The summed E-state index contributed by atoms with van der Waals surface area (Å²) in [6.45, 7) is 0.917. The van der Waals surface area contributed by atoms with Gasteiger partial charge in [0.1, 0.15) is 19.2 Å². The first-order valence-corrected chi connectivity index (χ1v) is 6.67. The zero-order chi connectivity index (χ0) is 18.0. The van der Waals surface area contributed by atoms with Gasteiger partial charge in [0, 0.05) is 0 Å². The van der Waals surface area contributed by atoms with Gasteiger partial charge in [0.25, 0.3) is 0 Å². The quantitative estimate of drug-likeness (QED) is 0.856. The number of carboxylic acids is 1. The maximum Gasteiger partial charge on any atom is 0.416 e. The molecule has 1 atom stereocenters. The molecule has 0 radical (unpaired) electrons. The average molecular weight is 342 g/mol. The van der Waals surface area contributed by atoms with Crippen LogP contribution in [-0.2, 0) is 27.8 Å². The molecule has 1 aromatic heterocycles. The third-order valence-corrected chi connectivity index (χ3v) is 3.38. The number of benzene rings is 1. The van der Waals surface area contributed by atoms with E-state index in [-0.39, 0.29) is 12.1 Å². The van der Waals surface area contributed by atoms with Gasteiger partial charge in [-0.05, 0) is 24.6 Å². The third kappa shape index (κ3) is 3.70. The summed E-state index contributed by atoms with van der Waals surface area (Å²) in [5, 5.41) is 15.4. The smallest absolute Gasteiger partial charge is 0.416 e. The van der Waals surface area contributed by atoms with Crippen molar-refractivity contribution < 1.29 is 27.9 Å². The molecule has 0 spiro atoms. The van der Waals surface area contributed by atoms with Crippen LogP contribution in [0.3, 0.4) is 0 Å². The summed E-state index contributed by atoms with van der Waals surface area (Å²) >= 11 is 0. The number of alkyl halides is 3. The van der Waals surface area contributed by atoms with Crippen molar-refractivity contribution in [2.75, 3.05) is 0 Å². The van der Waals surface area contributed by atoms with Crippen molar-refractivity contribution >= 4 is 11.9 Å². The summed E-state index contributed by atoms with van der Waals surface area (Å²) in [5.41, 5.74) is -2.79. The molecule has 7 nitrogen and oxygen atoms in total. The molecule has 24 heavy (non-hydrogen) atoms. The van der Waals surface area contributed by atoms with Crippen molar-refractivity contribution in [1.29, 1.82) is 0 Å². The van der Waals surface area contributed by atoms with E-state index < -0.39 is 29.2 Å². The van der Waals surface area contributed by atoms with Gasteiger partial charge in [-0.3, -0.25) is 4.79 Å². The van der Waals surface area contributed by atoms with Gasteiger partial charge in [0.2, 0.25) is 5.91 Å². The highest BCUT2D eigenvalue weighted by molar-refractivity contribution is 5.87. The zero-order valence-corrected chi connectivity index (χ0v) is 12.4. The van der Waals surface area contributed by atoms with E-state index in [1.54, 1.807) is 0 Å². The van der Waals surface area contributed by atoms with Crippen molar-refractivity contribution in [3.63, 3.8) is 0 Å². The van der Waals surface area contributed by atoms with Crippen LogP contribution in [0.5, 0.6) is 0 Å². The molecule has 0 saturated heterocycles. The van der Waals surface area contributed by atoms with Crippen LogP contribution in [0.1, 0.15) is 18.1 Å². The Balaban J connectivity index is 2.23. The third-order valence-electron chi connectivity index (χ3n) is 3.38.